The third kappa shape index (κ3) is 4.44. The molecular formula is C16H18N4O3. The number of anilines is 1. The highest BCUT2D eigenvalue weighted by molar-refractivity contribution is 5.91. The molecule has 7 nitrogen and oxygen atoms in total. The minimum Gasteiger partial charge on any atom is -0.504 e. The maximum atomic E-state index is 12.2. The van der Waals surface area contributed by atoms with Gasteiger partial charge in [-0.15, -0.1) is 0 Å². The highest BCUT2D eigenvalue weighted by Crippen LogP contribution is 2.23. The average Bonchev–Trinajstić information content (AvgIpc) is 2.49. The van der Waals surface area contributed by atoms with Crippen LogP contribution in [0.1, 0.15) is 23.6 Å². The summed E-state index contributed by atoms with van der Waals surface area (Å²) in [6.07, 6.45) is 1.42. The molecule has 1 aromatic heterocycles. The number of benzene rings is 1. The zero-order chi connectivity index (χ0) is 16.8. The first kappa shape index (κ1) is 16.3. The number of nitrogens with two attached hydrogens (primary N) is 1. The molecule has 0 aliphatic rings. The van der Waals surface area contributed by atoms with Gasteiger partial charge in [-0.2, -0.15) is 0 Å². The molecular weight excluding hydrogens is 296 g/mol. The van der Waals surface area contributed by atoms with Gasteiger partial charge in [-0.3, -0.25) is 4.79 Å². The van der Waals surface area contributed by atoms with Gasteiger partial charge in [0.1, 0.15) is 0 Å². The molecule has 0 radical (unpaired) electrons. The van der Waals surface area contributed by atoms with Gasteiger partial charge in [0.05, 0.1) is 12.5 Å². The van der Waals surface area contributed by atoms with Crippen molar-refractivity contribution in [2.45, 2.75) is 19.4 Å². The van der Waals surface area contributed by atoms with E-state index in [1.165, 1.54) is 12.3 Å². The van der Waals surface area contributed by atoms with Crippen molar-refractivity contribution in [3.63, 3.8) is 0 Å². The predicted octanol–water partition coefficient (Wildman–Crippen LogP) is 1.83. The van der Waals surface area contributed by atoms with Crippen molar-refractivity contribution in [3.05, 3.63) is 53.7 Å². The number of nitrogens with one attached hydrogen (secondary N) is 2. The van der Waals surface area contributed by atoms with Gasteiger partial charge >= 0.3 is 6.03 Å². The Balaban J connectivity index is 2.15. The van der Waals surface area contributed by atoms with Crippen LogP contribution in [0.5, 0.6) is 5.75 Å². The number of hydrogen-bond acceptors (Lipinski definition) is 4. The Morgan fingerprint density at radius 1 is 1.26 bits per heavy atom. The normalized spacial score (nSPS) is 11.5. The Morgan fingerprint density at radius 3 is 2.65 bits per heavy atom. The van der Waals surface area contributed by atoms with Crippen LogP contribution in [0, 0.1) is 6.92 Å². The lowest BCUT2D eigenvalue weighted by Gasteiger charge is -2.19. The van der Waals surface area contributed by atoms with E-state index in [-0.39, 0.29) is 18.0 Å². The Labute approximate surface area is 133 Å². The molecule has 1 heterocycles. The van der Waals surface area contributed by atoms with Crippen LogP contribution in [0.3, 0.4) is 0 Å². The second kappa shape index (κ2) is 7.26. The molecule has 0 aliphatic heterocycles. The van der Waals surface area contributed by atoms with E-state index in [9.17, 15) is 14.7 Å². The number of rotatable bonds is 5. The minimum absolute atomic E-state index is 0.0379. The molecule has 0 saturated heterocycles. The zero-order valence-corrected chi connectivity index (χ0v) is 12.6. The van der Waals surface area contributed by atoms with Gasteiger partial charge in [-0.1, -0.05) is 24.3 Å². The van der Waals surface area contributed by atoms with Crippen molar-refractivity contribution in [1.82, 2.24) is 10.3 Å². The maximum Gasteiger partial charge on any atom is 0.312 e. The van der Waals surface area contributed by atoms with E-state index in [1.54, 1.807) is 6.07 Å². The van der Waals surface area contributed by atoms with Gasteiger partial charge in [0.25, 0.3) is 0 Å². The monoisotopic (exact) mass is 314 g/mol. The number of primary amides is 1. The number of nitrogens with zero attached hydrogens (tertiary/aromatic N) is 1. The molecule has 2 rings (SSSR count). The molecule has 2 aromatic rings. The Kier molecular flexibility index (Phi) is 5.14. The Morgan fingerprint density at radius 2 is 2.00 bits per heavy atom. The molecule has 7 heteroatoms. The van der Waals surface area contributed by atoms with E-state index in [2.05, 4.69) is 15.6 Å². The van der Waals surface area contributed by atoms with Gasteiger partial charge in [0.15, 0.2) is 11.6 Å². The molecule has 3 amide bonds. The third-order valence-corrected chi connectivity index (χ3v) is 3.31. The SMILES string of the molecule is Cc1ccccc1[C@@H](CC(=O)Nc1ncccc1O)NC(N)=O. The molecule has 0 spiro atoms. The zero-order valence-electron chi connectivity index (χ0n) is 12.6. The standard InChI is InChI=1S/C16H18N4O3/c1-10-5-2-3-6-11(10)12(19-16(17)23)9-14(22)20-15-13(21)7-4-8-18-15/h2-8,12,21H,9H2,1H3,(H3,17,19,23)(H,18,20,22)/t12-/m1/s1. The highest BCUT2D eigenvalue weighted by Gasteiger charge is 2.19. The van der Waals surface area contributed by atoms with Crippen LogP contribution >= 0.6 is 0 Å². The molecule has 120 valence electrons. The first-order chi connectivity index (χ1) is 11.0. The topological polar surface area (TPSA) is 117 Å². The first-order valence-corrected chi connectivity index (χ1v) is 7.02. The van der Waals surface area contributed by atoms with E-state index in [0.29, 0.717) is 0 Å². The second-order valence-electron chi connectivity index (χ2n) is 5.04. The molecule has 1 aromatic carbocycles. The maximum absolute atomic E-state index is 12.2. The molecule has 23 heavy (non-hydrogen) atoms. The van der Waals surface area contributed by atoms with Crippen molar-refractivity contribution in [1.29, 1.82) is 0 Å². The molecule has 0 saturated carbocycles. The number of hydrogen-bond donors (Lipinski definition) is 4. The van der Waals surface area contributed by atoms with Crippen LogP contribution in [0.4, 0.5) is 10.6 Å². The van der Waals surface area contributed by atoms with Crippen LogP contribution in [-0.4, -0.2) is 22.0 Å². The van der Waals surface area contributed by atoms with Crippen molar-refractivity contribution in [2.24, 2.45) is 5.73 Å². The molecule has 0 fully saturated rings. The second-order valence-corrected chi connectivity index (χ2v) is 5.04. The van der Waals surface area contributed by atoms with Crippen LogP contribution in [-0.2, 0) is 4.79 Å². The fourth-order valence-electron chi connectivity index (χ4n) is 2.25. The van der Waals surface area contributed by atoms with Crippen molar-refractivity contribution in [3.8, 4) is 5.75 Å². The van der Waals surface area contributed by atoms with Crippen molar-refractivity contribution >= 4 is 17.8 Å². The fraction of sp³-hybridized carbons (Fsp3) is 0.188. The molecule has 0 aliphatic carbocycles. The summed E-state index contributed by atoms with van der Waals surface area (Å²) >= 11 is 0. The van der Waals surface area contributed by atoms with Crippen LogP contribution in [0.15, 0.2) is 42.6 Å². The van der Waals surface area contributed by atoms with E-state index in [4.69, 9.17) is 5.73 Å². The number of carbonyl (C=O) groups is 2. The minimum atomic E-state index is -0.716. The number of urea groups is 1. The largest absolute Gasteiger partial charge is 0.504 e. The van der Waals surface area contributed by atoms with Crippen molar-refractivity contribution < 1.29 is 14.7 Å². The molecule has 0 bridgehead atoms. The third-order valence-electron chi connectivity index (χ3n) is 3.31. The van der Waals surface area contributed by atoms with Crippen molar-refractivity contribution in [2.75, 3.05) is 5.32 Å². The summed E-state index contributed by atoms with van der Waals surface area (Å²) in [7, 11) is 0. The first-order valence-electron chi connectivity index (χ1n) is 7.02. The van der Waals surface area contributed by atoms with E-state index in [1.807, 2.05) is 31.2 Å². The molecule has 1 atom stereocenters. The van der Waals surface area contributed by atoms with E-state index in [0.717, 1.165) is 11.1 Å². The van der Waals surface area contributed by atoms with E-state index < -0.39 is 18.0 Å². The summed E-state index contributed by atoms with van der Waals surface area (Å²) in [6.45, 7) is 1.88. The lowest BCUT2D eigenvalue weighted by molar-refractivity contribution is -0.116. The summed E-state index contributed by atoms with van der Waals surface area (Å²) < 4.78 is 0. The summed E-state index contributed by atoms with van der Waals surface area (Å²) in [5.41, 5.74) is 6.93. The van der Waals surface area contributed by atoms with Crippen LogP contribution < -0.4 is 16.4 Å². The number of pyridine rings is 1. The van der Waals surface area contributed by atoms with E-state index >= 15 is 0 Å². The lowest BCUT2D eigenvalue weighted by Crippen LogP contribution is -2.35. The van der Waals surface area contributed by atoms with Gasteiger partial charge in [-0.25, -0.2) is 9.78 Å². The number of amides is 3. The summed E-state index contributed by atoms with van der Waals surface area (Å²) in [6, 6.07) is 9.08. The average molecular weight is 314 g/mol. The van der Waals surface area contributed by atoms with Gasteiger partial charge in [0.2, 0.25) is 5.91 Å². The van der Waals surface area contributed by atoms with Crippen LogP contribution in [0.25, 0.3) is 0 Å². The Bertz CT molecular complexity index is 718. The number of aromatic nitrogens is 1. The van der Waals surface area contributed by atoms with Gasteiger partial charge < -0.3 is 21.5 Å². The summed E-state index contributed by atoms with van der Waals surface area (Å²) in [5, 5.41) is 14.7. The van der Waals surface area contributed by atoms with Gasteiger partial charge in [-0.05, 0) is 30.2 Å². The predicted molar refractivity (Wildman–Crippen MR) is 85.8 cm³/mol. The molecule has 5 N–H and O–H groups in total. The lowest BCUT2D eigenvalue weighted by atomic mass is 9.98. The fourth-order valence-corrected chi connectivity index (χ4v) is 2.25. The summed E-state index contributed by atoms with van der Waals surface area (Å²) in [5.74, 6) is -0.461. The van der Waals surface area contributed by atoms with Crippen LogP contribution in [0.2, 0.25) is 0 Å². The van der Waals surface area contributed by atoms with Gasteiger partial charge in [0, 0.05) is 6.20 Å². The number of aromatic hydroxyl groups is 1. The molecule has 0 unspecified atom stereocenters. The smallest absolute Gasteiger partial charge is 0.312 e. The Hall–Kier alpha value is -3.09. The quantitative estimate of drug-likeness (QED) is 0.673. The number of carbonyl (C=O) groups excluding carboxylic acids is 2. The summed E-state index contributed by atoms with van der Waals surface area (Å²) in [4.78, 5) is 27.3. The highest BCUT2D eigenvalue weighted by atomic mass is 16.3. The number of aryl methyl sites for hydroxylation is 1.